The van der Waals surface area contributed by atoms with E-state index in [9.17, 15) is 9.18 Å². The molecule has 1 atom stereocenters. The van der Waals surface area contributed by atoms with Crippen LogP contribution in [0.25, 0.3) is 10.8 Å². The minimum atomic E-state index is -0.439. The number of halogens is 1. The number of nitrogens with two attached hydrogens (primary N) is 1. The molecule has 4 rings (SSSR count). The molecule has 3 aromatic rings. The van der Waals surface area contributed by atoms with Crippen LogP contribution in [0.3, 0.4) is 0 Å². The quantitative estimate of drug-likeness (QED) is 0.601. The van der Waals surface area contributed by atoms with Gasteiger partial charge in [-0.1, -0.05) is 36.4 Å². The molecule has 2 N–H and O–H groups in total. The molecule has 5 nitrogen and oxygen atoms in total. The van der Waals surface area contributed by atoms with Gasteiger partial charge >= 0.3 is 0 Å². The SMILES string of the molecule is COc1c(N)cc2ccccc2c1CN(C)C(=O)C(c1ccc(F)cc1)N1CCCC1. The van der Waals surface area contributed by atoms with Crippen LogP contribution in [0.4, 0.5) is 10.1 Å². The van der Waals surface area contributed by atoms with Crippen LogP contribution in [0.15, 0.2) is 54.6 Å². The van der Waals surface area contributed by atoms with Gasteiger partial charge in [0.25, 0.3) is 0 Å². The number of amides is 1. The zero-order valence-electron chi connectivity index (χ0n) is 18.0. The van der Waals surface area contributed by atoms with Gasteiger partial charge in [0.1, 0.15) is 17.6 Å². The Morgan fingerprint density at radius 2 is 1.84 bits per heavy atom. The summed E-state index contributed by atoms with van der Waals surface area (Å²) in [6, 6.07) is 15.7. The number of methoxy groups -OCH3 is 1. The number of nitrogens with zero attached hydrogens (tertiary/aromatic N) is 2. The van der Waals surface area contributed by atoms with Crippen LogP contribution in [0.1, 0.15) is 30.0 Å². The largest absolute Gasteiger partial charge is 0.494 e. The Morgan fingerprint density at radius 3 is 2.52 bits per heavy atom. The van der Waals surface area contributed by atoms with Crippen molar-refractivity contribution in [3.63, 3.8) is 0 Å². The van der Waals surface area contributed by atoms with Crippen LogP contribution in [0.5, 0.6) is 5.75 Å². The standard InChI is InChI=1S/C25H28FN3O2/c1-28(16-21-20-8-4-3-7-18(20)15-22(27)24(21)31-2)25(30)23(29-13-5-6-14-29)17-9-11-19(26)12-10-17/h3-4,7-12,15,23H,5-6,13-14,16,27H2,1-2H3. The fourth-order valence-corrected chi connectivity index (χ4v) is 4.50. The van der Waals surface area contributed by atoms with Gasteiger partial charge < -0.3 is 15.4 Å². The van der Waals surface area contributed by atoms with Crippen LogP contribution in [-0.4, -0.2) is 43.0 Å². The molecule has 6 heteroatoms. The average molecular weight is 422 g/mol. The number of likely N-dealkylation sites (N-methyl/N-ethyl adjacent to an activating group) is 1. The summed E-state index contributed by atoms with van der Waals surface area (Å²) in [5.41, 5.74) is 8.48. The van der Waals surface area contributed by atoms with E-state index in [1.54, 1.807) is 31.2 Å². The summed E-state index contributed by atoms with van der Waals surface area (Å²) < 4.78 is 19.1. The summed E-state index contributed by atoms with van der Waals surface area (Å²) in [6.07, 6.45) is 2.12. The van der Waals surface area contributed by atoms with Crippen molar-refractivity contribution in [2.75, 3.05) is 33.0 Å². The lowest BCUT2D eigenvalue weighted by atomic mass is 10.0. The number of rotatable bonds is 6. The van der Waals surface area contributed by atoms with E-state index in [1.807, 2.05) is 30.3 Å². The molecule has 1 aliphatic rings. The highest BCUT2D eigenvalue weighted by Crippen LogP contribution is 2.36. The number of ether oxygens (including phenoxy) is 1. The number of anilines is 1. The van der Waals surface area contributed by atoms with Crippen LogP contribution in [0, 0.1) is 5.82 Å². The molecule has 0 saturated carbocycles. The zero-order chi connectivity index (χ0) is 22.0. The monoisotopic (exact) mass is 421 g/mol. The molecule has 0 aromatic heterocycles. The van der Waals surface area contributed by atoms with Crippen LogP contribution in [0.2, 0.25) is 0 Å². The minimum absolute atomic E-state index is 0.0259. The molecule has 0 radical (unpaired) electrons. The van der Waals surface area contributed by atoms with Crippen LogP contribution in [-0.2, 0) is 11.3 Å². The Bertz CT molecular complexity index is 1080. The van der Waals surface area contributed by atoms with E-state index in [0.717, 1.165) is 47.8 Å². The topological polar surface area (TPSA) is 58.8 Å². The molecule has 1 unspecified atom stereocenters. The van der Waals surface area contributed by atoms with Crippen molar-refractivity contribution in [2.24, 2.45) is 0 Å². The Morgan fingerprint density at radius 1 is 1.16 bits per heavy atom. The van der Waals surface area contributed by atoms with E-state index in [0.29, 0.717) is 18.0 Å². The Kier molecular flexibility index (Phi) is 6.09. The summed E-state index contributed by atoms with van der Waals surface area (Å²) in [4.78, 5) is 17.6. The van der Waals surface area contributed by atoms with E-state index in [2.05, 4.69) is 4.90 Å². The minimum Gasteiger partial charge on any atom is -0.494 e. The third-order valence-electron chi connectivity index (χ3n) is 6.03. The highest BCUT2D eigenvalue weighted by molar-refractivity contribution is 5.92. The number of carbonyl (C=O) groups is 1. The first kappa shape index (κ1) is 21.1. The summed E-state index contributed by atoms with van der Waals surface area (Å²) >= 11 is 0. The molecule has 1 aliphatic heterocycles. The number of carbonyl (C=O) groups excluding carboxylic acids is 1. The van der Waals surface area contributed by atoms with Crippen molar-refractivity contribution in [3.8, 4) is 5.75 Å². The van der Waals surface area contributed by atoms with E-state index in [-0.39, 0.29) is 11.7 Å². The number of likely N-dealkylation sites (tertiary alicyclic amines) is 1. The predicted octanol–water partition coefficient (Wildman–Crippen LogP) is 4.37. The third-order valence-corrected chi connectivity index (χ3v) is 6.03. The summed E-state index contributed by atoms with van der Waals surface area (Å²) in [6.45, 7) is 2.07. The second kappa shape index (κ2) is 8.94. The molecule has 162 valence electrons. The van der Waals surface area contributed by atoms with Crippen molar-refractivity contribution in [1.82, 2.24) is 9.80 Å². The van der Waals surface area contributed by atoms with Crippen molar-refractivity contribution >= 4 is 22.4 Å². The van der Waals surface area contributed by atoms with Gasteiger partial charge in [0.15, 0.2) is 0 Å². The smallest absolute Gasteiger partial charge is 0.244 e. The molecule has 0 aliphatic carbocycles. The maximum atomic E-state index is 13.7. The van der Waals surface area contributed by atoms with Gasteiger partial charge in [0.05, 0.1) is 12.8 Å². The second-order valence-corrected chi connectivity index (χ2v) is 8.09. The van der Waals surface area contributed by atoms with Gasteiger partial charge in [-0.05, 0) is 60.5 Å². The highest BCUT2D eigenvalue weighted by atomic mass is 19.1. The number of nitrogen functional groups attached to an aromatic ring is 1. The summed E-state index contributed by atoms with van der Waals surface area (Å²) in [7, 11) is 3.39. The Balaban J connectivity index is 1.69. The van der Waals surface area contributed by atoms with Gasteiger partial charge in [-0.15, -0.1) is 0 Å². The van der Waals surface area contributed by atoms with Crippen LogP contribution < -0.4 is 10.5 Å². The number of hydrogen-bond acceptors (Lipinski definition) is 4. The molecule has 1 heterocycles. The van der Waals surface area contributed by atoms with Gasteiger partial charge in [0.2, 0.25) is 5.91 Å². The molecule has 1 saturated heterocycles. The molecule has 1 amide bonds. The van der Waals surface area contributed by atoms with E-state index < -0.39 is 6.04 Å². The van der Waals surface area contributed by atoms with E-state index in [4.69, 9.17) is 10.5 Å². The number of hydrogen-bond donors (Lipinski definition) is 1. The fourth-order valence-electron chi connectivity index (χ4n) is 4.50. The summed E-state index contributed by atoms with van der Waals surface area (Å²) in [5, 5.41) is 2.01. The normalized spacial score (nSPS) is 15.2. The highest BCUT2D eigenvalue weighted by Gasteiger charge is 2.32. The fraction of sp³-hybridized carbons (Fsp3) is 0.320. The maximum Gasteiger partial charge on any atom is 0.244 e. The van der Waals surface area contributed by atoms with Gasteiger partial charge in [-0.2, -0.15) is 0 Å². The van der Waals surface area contributed by atoms with Crippen LogP contribution >= 0.6 is 0 Å². The first-order chi connectivity index (χ1) is 15.0. The van der Waals surface area contributed by atoms with Gasteiger partial charge in [-0.25, -0.2) is 4.39 Å². The Hall–Kier alpha value is -3.12. The zero-order valence-corrected chi connectivity index (χ0v) is 18.0. The van der Waals surface area contributed by atoms with Crippen molar-refractivity contribution < 1.29 is 13.9 Å². The third kappa shape index (κ3) is 4.21. The Labute approximate surface area is 182 Å². The van der Waals surface area contributed by atoms with Gasteiger partial charge in [0, 0.05) is 19.2 Å². The second-order valence-electron chi connectivity index (χ2n) is 8.09. The molecular formula is C25H28FN3O2. The molecule has 0 spiro atoms. The first-order valence-electron chi connectivity index (χ1n) is 10.6. The number of fused-ring (bicyclic) bond motifs is 1. The van der Waals surface area contributed by atoms with Crippen molar-refractivity contribution in [1.29, 1.82) is 0 Å². The molecule has 0 bridgehead atoms. The predicted molar refractivity (Wildman–Crippen MR) is 121 cm³/mol. The van der Waals surface area contributed by atoms with Gasteiger partial charge in [-0.3, -0.25) is 9.69 Å². The number of benzene rings is 3. The van der Waals surface area contributed by atoms with E-state index in [1.165, 1.54) is 12.1 Å². The lowest BCUT2D eigenvalue weighted by Gasteiger charge is -2.31. The molecule has 1 fully saturated rings. The van der Waals surface area contributed by atoms with Crippen molar-refractivity contribution in [3.05, 3.63) is 71.5 Å². The lowest BCUT2D eigenvalue weighted by molar-refractivity contribution is -0.136. The molecular weight excluding hydrogens is 393 g/mol. The first-order valence-corrected chi connectivity index (χ1v) is 10.6. The van der Waals surface area contributed by atoms with E-state index >= 15 is 0 Å². The lowest BCUT2D eigenvalue weighted by Crippen LogP contribution is -2.40. The molecule has 31 heavy (non-hydrogen) atoms. The van der Waals surface area contributed by atoms with Crippen molar-refractivity contribution in [2.45, 2.75) is 25.4 Å². The maximum absolute atomic E-state index is 13.7. The summed E-state index contributed by atoms with van der Waals surface area (Å²) in [5.74, 6) is 0.264. The molecule has 3 aromatic carbocycles. The average Bonchev–Trinajstić information content (AvgIpc) is 3.29.